The van der Waals surface area contributed by atoms with E-state index in [1.807, 2.05) is 0 Å². The van der Waals surface area contributed by atoms with Crippen LogP contribution in [0.4, 0.5) is 13.2 Å². The lowest BCUT2D eigenvalue weighted by molar-refractivity contribution is -0.136. The molecule has 3 aromatic rings. The van der Waals surface area contributed by atoms with Gasteiger partial charge in [0.15, 0.2) is 0 Å². The van der Waals surface area contributed by atoms with E-state index in [0.29, 0.717) is 44.6 Å². The first-order valence-corrected chi connectivity index (χ1v) is 9.98. The summed E-state index contributed by atoms with van der Waals surface area (Å²) in [5.41, 5.74) is -0.338. The highest BCUT2D eigenvalue weighted by atomic mass is 19.4. The average Bonchev–Trinajstić information content (AvgIpc) is 3.40. The summed E-state index contributed by atoms with van der Waals surface area (Å²) in [5, 5.41) is 7.95. The van der Waals surface area contributed by atoms with Crippen LogP contribution in [0.25, 0.3) is 11.1 Å². The Kier molecular flexibility index (Phi) is 5.48. The molecule has 10 heteroatoms. The third kappa shape index (κ3) is 4.03. The number of carbonyl (C=O) groups is 1. The zero-order valence-electron chi connectivity index (χ0n) is 16.5. The van der Waals surface area contributed by atoms with E-state index < -0.39 is 11.7 Å². The third-order valence-corrected chi connectivity index (χ3v) is 5.47. The van der Waals surface area contributed by atoms with Gasteiger partial charge in [-0.2, -0.15) is 18.3 Å². The van der Waals surface area contributed by atoms with Crippen LogP contribution in [0.1, 0.15) is 49.1 Å². The molecule has 4 heterocycles. The molecule has 4 rings (SSSR count). The van der Waals surface area contributed by atoms with E-state index in [9.17, 15) is 18.0 Å². The predicted octanol–water partition coefficient (Wildman–Crippen LogP) is 3.80. The molecule has 0 aromatic carbocycles. The minimum Gasteiger partial charge on any atom is -0.342 e. The van der Waals surface area contributed by atoms with E-state index in [1.54, 1.807) is 35.0 Å². The molecular formula is C20H22F3N5O2. The van der Waals surface area contributed by atoms with Crippen molar-refractivity contribution in [3.8, 4) is 0 Å². The average molecular weight is 421 g/mol. The number of fused-ring (bicyclic) bond motifs is 1. The molecule has 0 spiro atoms. The van der Waals surface area contributed by atoms with Crippen LogP contribution in [0, 0.1) is 0 Å². The molecule has 3 aromatic heterocycles. The van der Waals surface area contributed by atoms with Gasteiger partial charge < -0.3 is 9.42 Å². The Labute approximate surface area is 170 Å². The van der Waals surface area contributed by atoms with Crippen LogP contribution >= 0.6 is 0 Å². The second kappa shape index (κ2) is 8.08. The van der Waals surface area contributed by atoms with Gasteiger partial charge in [-0.25, -0.2) is 4.98 Å². The fourth-order valence-electron chi connectivity index (χ4n) is 3.94. The van der Waals surface area contributed by atoms with E-state index in [0.717, 1.165) is 6.07 Å². The number of amides is 1. The van der Waals surface area contributed by atoms with Crippen molar-refractivity contribution in [3.05, 3.63) is 41.5 Å². The Balaban J connectivity index is 1.58. The summed E-state index contributed by atoms with van der Waals surface area (Å²) in [4.78, 5) is 18.5. The molecule has 0 aliphatic carbocycles. The van der Waals surface area contributed by atoms with E-state index in [4.69, 9.17) is 4.52 Å². The molecule has 0 bridgehead atoms. The van der Waals surface area contributed by atoms with Gasteiger partial charge in [0.1, 0.15) is 0 Å². The van der Waals surface area contributed by atoms with Crippen molar-refractivity contribution in [3.63, 3.8) is 0 Å². The second-order valence-electron chi connectivity index (χ2n) is 7.46. The van der Waals surface area contributed by atoms with Crippen LogP contribution in [0.3, 0.4) is 0 Å². The number of piperidine rings is 1. The van der Waals surface area contributed by atoms with Crippen molar-refractivity contribution in [1.29, 1.82) is 0 Å². The van der Waals surface area contributed by atoms with E-state index in [1.165, 1.54) is 0 Å². The first-order chi connectivity index (χ1) is 14.4. The van der Waals surface area contributed by atoms with Crippen molar-refractivity contribution in [2.75, 3.05) is 13.1 Å². The molecule has 1 unspecified atom stereocenters. The first-order valence-electron chi connectivity index (χ1n) is 9.98. The maximum atomic E-state index is 13.7. The molecule has 1 saturated heterocycles. The van der Waals surface area contributed by atoms with Crippen molar-refractivity contribution in [1.82, 2.24) is 24.8 Å². The molecule has 1 amide bonds. The topological polar surface area (TPSA) is 77.0 Å². The van der Waals surface area contributed by atoms with Gasteiger partial charge in [-0.05, 0) is 31.4 Å². The number of carbonyl (C=O) groups excluding carboxylic acids is 1. The number of likely N-dealkylation sites (tertiary alicyclic amines) is 1. The van der Waals surface area contributed by atoms with Gasteiger partial charge >= 0.3 is 6.18 Å². The largest absolute Gasteiger partial charge is 0.417 e. The number of alkyl halides is 3. The lowest BCUT2D eigenvalue weighted by atomic mass is 9.91. The summed E-state index contributed by atoms with van der Waals surface area (Å²) in [6.07, 6.45) is 0.850. The van der Waals surface area contributed by atoms with Crippen LogP contribution in [-0.2, 0) is 23.9 Å². The molecule has 0 N–H and O–H groups in total. The van der Waals surface area contributed by atoms with Gasteiger partial charge in [-0.1, -0.05) is 12.1 Å². The zero-order valence-corrected chi connectivity index (χ0v) is 16.5. The van der Waals surface area contributed by atoms with Gasteiger partial charge in [0.2, 0.25) is 5.91 Å². The second-order valence-corrected chi connectivity index (χ2v) is 7.46. The van der Waals surface area contributed by atoms with Gasteiger partial charge in [0.25, 0.3) is 5.71 Å². The van der Waals surface area contributed by atoms with E-state index in [-0.39, 0.29) is 35.0 Å². The number of hydrogen-bond acceptors (Lipinski definition) is 5. The number of halogens is 3. The molecule has 160 valence electrons. The minimum atomic E-state index is -4.54. The van der Waals surface area contributed by atoms with Crippen LogP contribution in [0.15, 0.2) is 29.0 Å². The minimum absolute atomic E-state index is 0.0505. The monoisotopic (exact) mass is 421 g/mol. The summed E-state index contributed by atoms with van der Waals surface area (Å²) in [6.45, 7) is 3.09. The van der Waals surface area contributed by atoms with Gasteiger partial charge in [0.05, 0.1) is 16.6 Å². The van der Waals surface area contributed by atoms with Crippen molar-refractivity contribution in [2.45, 2.75) is 51.2 Å². The lowest BCUT2D eigenvalue weighted by Crippen LogP contribution is -2.39. The summed E-state index contributed by atoms with van der Waals surface area (Å²) in [6, 6.07) is 2.85. The Morgan fingerprint density at radius 2 is 2.20 bits per heavy atom. The Bertz CT molecular complexity index is 1030. The molecule has 0 saturated carbocycles. The van der Waals surface area contributed by atoms with Crippen LogP contribution in [0.2, 0.25) is 0 Å². The number of aryl methyl sites for hydroxylation is 2. The Morgan fingerprint density at radius 3 is 2.90 bits per heavy atom. The SMILES string of the molecule is CCc1cc(C(F)(F)F)c2c(C3CCCN(C(=O)CCn4cccn4)C3)noc2n1. The predicted molar refractivity (Wildman–Crippen MR) is 102 cm³/mol. The highest BCUT2D eigenvalue weighted by Gasteiger charge is 2.38. The highest BCUT2D eigenvalue weighted by molar-refractivity contribution is 5.82. The number of hydrogen-bond donors (Lipinski definition) is 0. The summed E-state index contributed by atoms with van der Waals surface area (Å²) in [5.74, 6) is -0.380. The van der Waals surface area contributed by atoms with Crippen LogP contribution in [-0.4, -0.2) is 43.8 Å². The number of nitrogens with zero attached hydrogens (tertiary/aromatic N) is 5. The fourth-order valence-corrected chi connectivity index (χ4v) is 3.94. The van der Waals surface area contributed by atoms with E-state index in [2.05, 4.69) is 15.2 Å². The van der Waals surface area contributed by atoms with Crippen molar-refractivity contribution in [2.24, 2.45) is 0 Å². The van der Waals surface area contributed by atoms with Crippen LogP contribution in [0.5, 0.6) is 0 Å². The van der Waals surface area contributed by atoms with Crippen molar-refractivity contribution < 1.29 is 22.5 Å². The maximum absolute atomic E-state index is 13.7. The smallest absolute Gasteiger partial charge is 0.342 e. The maximum Gasteiger partial charge on any atom is 0.417 e. The number of aromatic nitrogens is 4. The zero-order chi connectivity index (χ0) is 21.3. The molecular weight excluding hydrogens is 399 g/mol. The standard InChI is InChI=1S/C20H22F3N5O2/c1-2-14-11-15(20(21,22)23)17-18(26-30-19(17)25-14)13-5-3-8-27(12-13)16(29)6-10-28-9-4-7-24-28/h4,7,9,11,13H,2-3,5-6,8,10,12H2,1H3. The summed E-state index contributed by atoms with van der Waals surface area (Å²) >= 11 is 0. The van der Waals surface area contributed by atoms with Gasteiger partial charge in [-0.15, -0.1) is 0 Å². The number of pyridine rings is 1. The first kappa shape index (κ1) is 20.4. The van der Waals surface area contributed by atoms with Crippen LogP contribution < -0.4 is 0 Å². The Morgan fingerprint density at radius 1 is 1.37 bits per heavy atom. The molecule has 1 aliphatic heterocycles. The third-order valence-electron chi connectivity index (χ3n) is 5.47. The molecule has 0 radical (unpaired) electrons. The summed E-state index contributed by atoms with van der Waals surface area (Å²) < 4.78 is 48.1. The molecule has 1 atom stereocenters. The van der Waals surface area contributed by atoms with Crippen molar-refractivity contribution >= 4 is 17.0 Å². The van der Waals surface area contributed by atoms with E-state index >= 15 is 0 Å². The molecule has 7 nitrogen and oxygen atoms in total. The fraction of sp³-hybridized carbons (Fsp3) is 0.500. The normalized spacial score (nSPS) is 17.6. The highest BCUT2D eigenvalue weighted by Crippen LogP contribution is 2.40. The molecule has 30 heavy (non-hydrogen) atoms. The quantitative estimate of drug-likeness (QED) is 0.626. The van der Waals surface area contributed by atoms with Gasteiger partial charge in [-0.3, -0.25) is 9.48 Å². The molecule has 1 aliphatic rings. The molecule has 1 fully saturated rings. The summed E-state index contributed by atoms with van der Waals surface area (Å²) in [7, 11) is 0. The Hall–Kier alpha value is -2.91. The van der Waals surface area contributed by atoms with Gasteiger partial charge in [0, 0.05) is 50.1 Å². The lowest BCUT2D eigenvalue weighted by Gasteiger charge is -2.32. The number of rotatable bonds is 5.